The molecule has 2 aromatic rings. The van der Waals surface area contributed by atoms with Crippen molar-refractivity contribution >= 4 is 17.3 Å². The highest BCUT2D eigenvalue weighted by Crippen LogP contribution is 2.17. The van der Waals surface area contributed by atoms with E-state index in [0.29, 0.717) is 12.1 Å². The number of rotatable bonds is 7. The third-order valence-electron chi connectivity index (χ3n) is 3.37. The topological polar surface area (TPSA) is 54.0 Å². The number of aromatic nitrogens is 1. The number of benzene rings is 1. The Balaban J connectivity index is 1.98. The lowest BCUT2D eigenvalue weighted by Gasteiger charge is -2.09. The van der Waals surface area contributed by atoms with Gasteiger partial charge in [0.2, 0.25) is 0 Å². The highest BCUT2D eigenvalue weighted by atomic mass is 16.1. The minimum Gasteiger partial charge on any atom is -0.354 e. The van der Waals surface area contributed by atoms with Gasteiger partial charge in [-0.25, -0.2) is 0 Å². The zero-order valence-electron chi connectivity index (χ0n) is 13.2. The maximum absolute atomic E-state index is 12.1. The SMILES string of the molecule is CCCCCNC(=O)c1cncc(Nc2cccc(C)c2)c1. The number of hydrogen-bond acceptors (Lipinski definition) is 3. The molecule has 0 saturated carbocycles. The van der Waals surface area contributed by atoms with E-state index in [4.69, 9.17) is 0 Å². The summed E-state index contributed by atoms with van der Waals surface area (Å²) in [6, 6.07) is 9.91. The molecule has 4 nitrogen and oxygen atoms in total. The fourth-order valence-electron chi connectivity index (χ4n) is 2.20. The predicted octanol–water partition coefficient (Wildman–Crippen LogP) is 4.05. The summed E-state index contributed by atoms with van der Waals surface area (Å²) < 4.78 is 0. The quantitative estimate of drug-likeness (QED) is 0.758. The Hall–Kier alpha value is -2.36. The lowest BCUT2D eigenvalue weighted by atomic mass is 10.2. The fraction of sp³-hybridized carbons (Fsp3) is 0.333. The standard InChI is InChI=1S/C18H23N3O/c1-3-4-5-9-20-18(22)15-11-17(13-19-12-15)21-16-8-6-7-14(2)10-16/h6-8,10-13,21H,3-5,9H2,1-2H3,(H,20,22). The summed E-state index contributed by atoms with van der Waals surface area (Å²) in [5, 5.41) is 6.20. The van der Waals surface area contributed by atoms with Crippen LogP contribution in [0.4, 0.5) is 11.4 Å². The van der Waals surface area contributed by atoms with E-state index in [9.17, 15) is 4.79 Å². The second-order valence-corrected chi connectivity index (χ2v) is 5.42. The maximum Gasteiger partial charge on any atom is 0.252 e. The van der Waals surface area contributed by atoms with E-state index in [1.54, 1.807) is 12.4 Å². The summed E-state index contributed by atoms with van der Waals surface area (Å²) in [6.45, 7) is 4.90. The molecule has 0 aliphatic rings. The number of amides is 1. The Kier molecular flexibility index (Phi) is 5.95. The van der Waals surface area contributed by atoms with Crippen molar-refractivity contribution in [1.82, 2.24) is 10.3 Å². The first-order chi connectivity index (χ1) is 10.7. The van der Waals surface area contributed by atoms with Gasteiger partial charge < -0.3 is 10.6 Å². The number of carbonyl (C=O) groups excluding carboxylic acids is 1. The molecule has 22 heavy (non-hydrogen) atoms. The van der Waals surface area contributed by atoms with Crippen LogP contribution in [-0.4, -0.2) is 17.4 Å². The van der Waals surface area contributed by atoms with E-state index >= 15 is 0 Å². The lowest BCUT2D eigenvalue weighted by Crippen LogP contribution is -2.24. The number of hydrogen-bond donors (Lipinski definition) is 2. The first kappa shape index (κ1) is 16.0. The monoisotopic (exact) mass is 297 g/mol. The average molecular weight is 297 g/mol. The van der Waals surface area contributed by atoms with Gasteiger partial charge in [-0.2, -0.15) is 0 Å². The zero-order valence-corrected chi connectivity index (χ0v) is 13.2. The van der Waals surface area contributed by atoms with E-state index in [2.05, 4.69) is 28.6 Å². The first-order valence-electron chi connectivity index (χ1n) is 7.76. The van der Waals surface area contributed by atoms with Gasteiger partial charge in [-0.15, -0.1) is 0 Å². The molecule has 0 atom stereocenters. The smallest absolute Gasteiger partial charge is 0.252 e. The highest BCUT2D eigenvalue weighted by Gasteiger charge is 2.06. The Labute approximate surface area is 132 Å². The molecule has 0 spiro atoms. The number of nitrogens with one attached hydrogen (secondary N) is 2. The normalized spacial score (nSPS) is 10.3. The van der Waals surface area contributed by atoms with Gasteiger partial charge in [0.25, 0.3) is 5.91 Å². The van der Waals surface area contributed by atoms with Crippen LogP contribution in [0.15, 0.2) is 42.7 Å². The van der Waals surface area contributed by atoms with Crippen molar-refractivity contribution in [2.45, 2.75) is 33.1 Å². The Bertz CT molecular complexity index is 625. The molecular formula is C18H23N3O. The van der Waals surface area contributed by atoms with E-state index in [1.165, 1.54) is 5.56 Å². The van der Waals surface area contributed by atoms with Crippen molar-refractivity contribution in [3.05, 3.63) is 53.9 Å². The summed E-state index contributed by atoms with van der Waals surface area (Å²) in [5.74, 6) is -0.0727. The van der Waals surface area contributed by atoms with Crippen molar-refractivity contribution in [1.29, 1.82) is 0 Å². The molecule has 0 saturated heterocycles. The molecule has 1 heterocycles. The third-order valence-corrected chi connectivity index (χ3v) is 3.37. The Morgan fingerprint density at radius 1 is 1.14 bits per heavy atom. The lowest BCUT2D eigenvalue weighted by molar-refractivity contribution is 0.0952. The van der Waals surface area contributed by atoms with Crippen LogP contribution in [0.2, 0.25) is 0 Å². The molecule has 4 heteroatoms. The van der Waals surface area contributed by atoms with Crippen molar-refractivity contribution in [3.8, 4) is 0 Å². The van der Waals surface area contributed by atoms with Crippen LogP contribution in [0.5, 0.6) is 0 Å². The highest BCUT2D eigenvalue weighted by molar-refractivity contribution is 5.94. The molecular weight excluding hydrogens is 274 g/mol. The average Bonchev–Trinajstić information content (AvgIpc) is 2.52. The van der Waals surface area contributed by atoms with Crippen LogP contribution in [0.25, 0.3) is 0 Å². The van der Waals surface area contributed by atoms with Gasteiger partial charge >= 0.3 is 0 Å². The number of unbranched alkanes of at least 4 members (excludes halogenated alkanes) is 2. The maximum atomic E-state index is 12.1. The fourth-order valence-corrected chi connectivity index (χ4v) is 2.20. The van der Waals surface area contributed by atoms with Crippen LogP contribution in [0.3, 0.4) is 0 Å². The van der Waals surface area contributed by atoms with Gasteiger partial charge in [0.15, 0.2) is 0 Å². The van der Waals surface area contributed by atoms with Crippen LogP contribution in [0, 0.1) is 6.92 Å². The van der Waals surface area contributed by atoms with Crippen LogP contribution < -0.4 is 10.6 Å². The number of pyridine rings is 1. The van der Waals surface area contributed by atoms with Crippen LogP contribution in [-0.2, 0) is 0 Å². The molecule has 0 fully saturated rings. The van der Waals surface area contributed by atoms with Crippen molar-refractivity contribution in [2.75, 3.05) is 11.9 Å². The zero-order chi connectivity index (χ0) is 15.8. The number of nitrogens with zero attached hydrogens (tertiary/aromatic N) is 1. The largest absolute Gasteiger partial charge is 0.354 e. The molecule has 1 aromatic heterocycles. The van der Waals surface area contributed by atoms with Crippen LogP contribution >= 0.6 is 0 Å². The first-order valence-corrected chi connectivity index (χ1v) is 7.76. The van der Waals surface area contributed by atoms with E-state index in [0.717, 1.165) is 30.6 Å². The van der Waals surface area contributed by atoms with Gasteiger partial charge in [-0.1, -0.05) is 31.9 Å². The van der Waals surface area contributed by atoms with Gasteiger partial charge in [0.05, 0.1) is 17.4 Å². The molecule has 0 aliphatic heterocycles. The van der Waals surface area contributed by atoms with E-state index in [-0.39, 0.29) is 5.91 Å². The molecule has 1 amide bonds. The van der Waals surface area contributed by atoms with Crippen LogP contribution in [0.1, 0.15) is 42.1 Å². The number of anilines is 2. The van der Waals surface area contributed by atoms with Gasteiger partial charge in [0, 0.05) is 18.4 Å². The minimum absolute atomic E-state index is 0.0727. The minimum atomic E-state index is -0.0727. The molecule has 0 unspecified atom stereocenters. The third kappa shape index (κ3) is 4.88. The van der Waals surface area contributed by atoms with Crippen molar-refractivity contribution in [3.63, 3.8) is 0 Å². The van der Waals surface area contributed by atoms with Crippen molar-refractivity contribution < 1.29 is 4.79 Å². The molecule has 116 valence electrons. The molecule has 0 radical (unpaired) electrons. The Morgan fingerprint density at radius 2 is 2.00 bits per heavy atom. The summed E-state index contributed by atoms with van der Waals surface area (Å²) in [7, 11) is 0. The number of aryl methyl sites for hydroxylation is 1. The second kappa shape index (κ2) is 8.17. The van der Waals surface area contributed by atoms with Gasteiger partial charge in [0.1, 0.15) is 0 Å². The molecule has 0 aliphatic carbocycles. The molecule has 0 bridgehead atoms. The van der Waals surface area contributed by atoms with E-state index in [1.807, 2.05) is 31.2 Å². The Morgan fingerprint density at radius 3 is 2.77 bits per heavy atom. The van der Waals surface area contributed by atoms with Crippen molar-refractivity contribution in [2.24, 2.45) is 0 Å². The van der Waals surface area contributed by atoms with E-state index < -0.39 is 0 Å². The number of carbonyl (C=O) groups is 1. The predicted molar refractivity (Wildman–Crippen MR) is 90.6 cm³/mol. The molecule has 2 rings (SSSR count). The summed E-state index contributed by atoms with van der Waals surface area (Å²) in [4.78, 5) is 16.2. The van der Waals surface area contributed by atoms with Gasteiger partial charge in [-0.05, 0) is 37.1 Å². The summed E-state index contributed by atoms with van der Waals surface area (Å²) in [5.41, 5.74) is 3.56. The molecule has 1 aromatic carbocycles. The second-order valence-electron chi connectivity index (χ2n) is 5.42. The summed E-state index contributed by atoms with van der Waals surface area (Å²) in [6.07, 6.45) is 6.60. The molecule has 2 N–H and O–H groups in total. The summed E-state index contributed by atoms with van der Waals surface area (Å²) >= 11 is 0. The van der Waals surface area contributed by atoms with Gasteiger partial charge in [-0.3, -0.25) is 9.78 Å².